The summed E-state index contributed by atoms with van der Waals surface area (Å²) in [7, 11) is -3.34. The number of H-pyrrole nitrogens is 1. The number of aromatic nitrogens is 2. The Labute approximate surface area is 144 Å². The van der Waals surface area contributed by atoms with Crippen molar-refractivity contribution in [2.45, 2.75) is 6.42 Å². The predicted molar refractivity (Wildman–Crippen MR) is 94.5 cm³/mol. The van der Waals surface area contributed by atoms with Crippen molar-refractivity contribution >= 4 is 32.9 Å². The molecule has 0 spiro atoms. The third-order valence-electron chi connectivity index (χ3n) is 4.26. The van der Waals surface area contributed by atoms with Gasteiger partial charge >= 0.3 is 0 Å². The molecule has 2 heterocycles. The molecule has 0 saturated carbocycles. The fourth-order valence-electron chi connectivity index (χ4n) is 3.18. The van der Waals surface area contributed by atoms with Gasteiger partial charge in [-0.2, -0.15) is 5.10 Å². The normalized spacial score (nSPS) is 21.7. The molecule has 1 atom stereocenters. The molecule has 2 aliphatic rings. The van der Waals surface area contributed by atoms with Crippen molar-refractivity contribution in [2.24, 2.45) is 5.92 Å². The van der Waals surface area contributed by atoms with Crippen LogP contribution in [0, 0.1) is 5.92 Å². The van der Waals surface area contributed by atoms with Crippen LogP contribution in [0.2, 0.25) is 0 Å². The van der Waals surface area contributed by atoms with E-state index in [1.54, 1.807) is 18.3 Å². The Morgan fingerprint density at radius 3 is 2.96 bits per heavy atom. The fourth-order valence-corrected chi connectivity index (χ4v) is 3.80. The van der Waals surface area contributed by atoms with E-state index in [9.17, 15) is 13.2 Å². The van der Waals surface area contributed by atoms with Crippen molar-refractivity contribution in [3.05, 3.63) is 59.1 Å². The second-order valence-corrected chi connectivity index (χ2v) is 7.96. The lowest BCUT2D eigenvalue weighted by molar-refractivity contribution is -0.115. The van der Waals surface area contributed by atoms with Crippen LogP contribution in [-0.4, -0.2) is 30.8 Å². The van der Waals surface area contributed by atoms with Crippen LogP contribution in [0.25, 0.3) is 17.0 Å². The van der Waals surface area contributed by atoms with Gasteiger partial charge in [0.15, 0.2) is 0 Å². The van der Waals surface area contributed by atoms with Crippen molar-refractivity contribution in [3.63, 3.8) is 0 Å². The van der Waals surface area contributed by atoms with Gasteiger partial charge in [0, 0.05) is 34.7 Å². The van der Waals surface area contributed by atoms with Gasteiger partial charge < -0.3 is 5.32 Å². The first-order valence-electron chi connectivity index (χ1n) is 7.74. The number of rotatable bonds is 3. The van der Waals surface area contributed by atoms with Gasteiger partial charge in [0.25, 0.3) is 5.91 Å². The molecule has 1 fully saturated rings. The van der Waals surface area contributed by atoms with E-state index >= 15 is 0 Å². The van der Waals surface area contributed by atoms with Crippen LogP contribution in [0.4, 0.5) is 0 Å². The van der Waals surface area contributed by atoms with Crippen LogP contribution >= 0.6 is 0 Å². The first kappa shape index (κ1) is 15.6. The Balaban J connectivity index is 1.67. The number of hydrogen-bond donors (Lipinski definition) is 3. The molecule has 0 radical (unpaired) electrons. The number of allylic oxidation sites excluding steroid dienone is 4. The van der Waals surface area contributed by atoms with Crippen LogP contribution in [0.5, 0.6) is 0 Å². The SMILES string of the molecule is CS(=O)(=O)NC1=CC=C2NC(=O)/C(=C/c3ccc4cn[nH]c4c3)C2C1. The Morgan fingerprint density at radius 1 is 1.32 bits per heavy atom. The maximum Gasteiger partial charge on any atom is 0.252 e. The molecule has 8 heteroatoms. The quantitative estimate of drug-likeness (QED) is 0.723. The topological polar surface area (TPSA) is 104 Å². The molecule has 128 valence electrons. The Kier molecular flexibility index (Phi) is 3.50. The summed E-state index contributed by atoms with van der Waals surface area (Å²) >= 11 is 0. The van der Waals surface area contributed by atoms with Crippen LogP contribution in [0.3, 0.4) is 0 Å². The minimum atomic E-state index is -3.34. The first-order chi connectivity index (χ1) is 11.9. The molecule has 1 unspecified atom stereocenters. The van der Waals surface area contributed by atoms with Crippen LogP contribution < -0.4 is 10.0 Å². The lowest BCUT2D eigenvalue weighted by atomic mass is 9.90. The summed E-state index contributed by atoms with van der Waals surface area (Å²) in [6.45, 7) is 0. The number of amides is 1. The van der Waals surface area contributed by atoms with E-state index in [-0.39, 0.29) is 11.8 Å². The zero-order chi connectivity index (χ0) is 17.6. The average molecular weight is 356 g/mol. The molecular formula is C17H16N4O3S. The molecule has 1 aromatic heterocycles. The molecule has 0 bridgehead atoms. The lowest BCUT2D eigenvalue weighted by Crippen LogP contribution is -2.25. The highest BCUT2D eigenvalue weighted by Gasteiger charge is 2.35. The number of nitrogens with one attached hydrogen (secondary N) is 3. The molecule has 2 aromatic rings. The Bertz CT molecular complexity index is 1080. The van der Waals surface area contributed by atoms with Crippen LogP contribution in [-0.2, 0) is 14.8 Å². The van der Waals surface area contributed by atoms with E-state index in [0.29, 0.717) is 17.7 Å². The smallest absolute Gasteiger partial charge is 0.252 e. The van der Waals surface area contributed by atoms with Gasteiger partial charge in [0.1, 0.15) is 0 Å². The molecule has 1 aliphatic heterocycles. The second kappa shape index (κ2) is 5.59. The highest BCUT2D eigenvalue weighted by molar-refractivity contribution is 7.88. The maximum atomic E-state index is 12.3. The number of carbonyl (C=O) groups excluding carboxylic acids is 1. The predicted octanol–water partition coefficient (Wildman–Crippen LogP) is 1.41. The van der Waals surface area contributed by atoms with Crippen molar-refractivity contribution < 1.29 is 13.2 Å². The molecule has 1 aliphatic carbocycles. The molecule has 7 nitrogen and oxygen atoms in total. The van der Waals surface area contributed by atoms with Gasteiger partial charge in [-0.3, -0.25) is 14.6 Å². The van der Waals surface area contributed by atoms with Crippen molar-refractivity contribution in [3.8, 4) is 0 Å². The molecule has 25 heavy (non-hydrogen) atoms. The standard InChI is InChI=1S/C17H16N4O3S/c1-25(23,24)21-12-4-5-15-13(8-12)14(17(22)19-15)6-10-2-3-11-9-18-20-16(11)7-10/h2-7,9,13,21H,8H2,1H3,(H,18,20)(H,19,22)/b14-6+. The molecular weight excluding hydrogens is 340 g/mol. The van der Waals surface area contributed by atoms with Gasteiger partial charge in [-0.1, -0.05) is 12.1 Å². The maximum absolute atomic E-state index is 12.3. The Morgan fingerprint density at radius 2 is 2.16 bits per heavy atom. The summed E-state index contributed by atoms with van der Waals surface area (Å²) in [5.41, 5.74) is 3.76. The minimum Gasteiger partial charge on any atom is -0.325 e. The summed E-state index contributed by atoms with van der Waals surface area (Å²) in [6.07, 6.45) is 8.55. The van der Waals surface area contributed by atoms with E-state index in [2.05, 4.69) is 20.2 Å². The third kappa shape index (κ3) is 3.08. The highest BCUT2D eigenvalue weighted by atomic mass is 32.2. The van der Waals surface area contributed by atoms with E-state index in [4.69, 9.17) is 0 Å². The number of aromatic amines is 1. The van der Waals surface area contributed by atoms with Gasteiger partial charge in [0.05, 0.1) is 18.0 Å². The van der Waals surface area contributed by atoms with Crippen molar-refractivity contribution in [1.29, 1.82) is 0 Å². The minimum absolute atomic E-state index is 0.157. The largest absolute Gasteiger partial charge is 0.325 e. The fraction of sp³-hybridized carbons (Fsp3) is 0.176. The number of nitrogens with zero attached hydrogens (tertiary/aromatic N) is 1. The summed E-state index contributed by atoms with van der Waals surface area (Å²) in [4.78, 5) is 12.3. The van der Waals surface area contributed by atoms with E-state index in [1.165, 1.54) is 0 Å². The first-order valence-corrected chi connectivity index (χ1v) is 9.63. The van der Waals surface area contributed by atoms with Gasteiger partial charge in [-0.25, -0.2) is 8.42 Å². The number of sulfonamides is 1. The van der Waals surface area contributed by atoms with E-state index in [0.717, 1.165) is 28.4 Å². The van der Waals surface area contributed by atoms with Crippen molar-refractivity contribution in [1.82, 2.24) is 20.2 Å². The summed E-state index contributed by atoms with van der Waals surface area (Å²) in [5.74, 6) is -0.339. The molecule has 1 saturated heterocycles. The molecule has 1 amide bonds. The van der Waals surface area contributed by atoms with Gasteiger partial charge in [0.2, 0.25) is 10.0 Å². The van der Waals surface area contributed by atoms with Crippen molar-refractivity contribution in [2.75, 3.05) is 6.26 Å². The van der Waals surface area contributed by atoms with Gasteiger partial charge in [-0.05, 0) is 29.9 Å². The number of benzene rings is 1. The zero-order valence-corrected chi connectivity index (χ0v) is 14.2. The van der Waals surface area contributed by atoms with E-state index < -0.39 is 10.0 Å². The van der Waals surface area contributed by atoms with E-state index in [1.807, 2.05) is 24.3 Å². The second-order valence-electron chi connectivity index (χ2n) is 6.22. The number of carbonyl (C=O) groups is 1. The lowest BCUT2D eigenvalue weighted by Gasteiger charge is -2.19. The number of hydrogen-bond acceptors (Lipinski definition) is 4. The monoisotopic (exact) mass is 356 g/mol. The Hall–Kier alpha value is -2.87. The van der Waals surface area contributed by atoms with Gasteiger partial charge in [-0.15, -0.1) is 0 Å². The third-order valence-corrected chi connectivity index (χ3v) is 4.90. The number of fused-ring (bicyclic) bond motifs is 2. The molecule has 1 aromatic carbocycles. The zero-order valence-electron chi connectivity index (χ0n) is 13.4. The average Bonchev–Trinajstić information content (AvgIpc) is 3.11. The van der Waals surface area contributed by atoms with Crippen LogP contribution in [0.1, 0.15) is 12.0 Å². The summed E-state index contributed by atoms with van der Waals surface area (Å²) in [6, 6.07) is 5.79. The van der Waals surface area contributed by atoms with Crippen LogP contribution in [0.15, 0.2) is 53.5 Å². The molecule has 3 N–H and O–H groups in total. The summed E-state index contributed by atoms with van der Waals surface area (Å²) in [5, 5.41) is 10.8. The highest BCUT2D eigenvalue weighted by Crippen LogP contribution is 2.35. The molecule has 4 rings (SSSR count). The summed E-state index contributed by atoms with van der Waals surface area (Å²) < 4.78 is 25.4.